The number of nitrogens with zero attached hydrogens (tertiary/aromatic N) is 5. The molecule has 2 aliphatic rings. The second-order valence-electron chi connectivity index (χ2n) is 8.29. The van der Waals surface area contributed by atoms with E-state index in [-0.39, 0.29) is 11.7 Å². The minimum atomic E-state index is -4.43. The van der Waals surface area contributed by atoms with E-state index >= 15 is 0 Å². The number of halogens is 3. The molecule has 31 heavy (non-hydrogen) atoms. The Morgan fingerprint density at radius 3 is 2.71 bits per heavy atom. The Labute approximate surface area is 178 Å². The number of likely N-dealkylation sites (tertiary alicyclic amines) is 1. The molecule has 3 aromatic rings. The van der Waals surface area contributed by atoms with Crippen LogP contribution in [0, 0.1) is 0 Å². The maximum atomic E-state index is 13.0. The number of methoxy groups -OCH3 is 1. The van der Waals surface area contributed by atoms with Crippen LogP contribution in [-0.2, 0) is 25.7 Å². The number of aryl methyl sites for hydroxylation is 2. The normalized spacial score (nSPS) is 17.9. The first-order valence-electron chi connectivity index (χ1n) is 10.6. The Bertz CT molecular complexity index is 1100. The third-order valence-electron chi connectivity index (χ3n) is 6.40. The first-order valence-corrected chi connectivity index (χ1v) is 10.6. The largest absolute Gasteiger partial charge is 0.495 e. The number of pyridine rings is 2. The van der Waals surface area contributed by atoms with Gasteiger partial charge in [0.2, 0.25) is 0 Å². The van der Waals surface area contributed by atoms with Gasteiger partial charge in [0.05, 0.1) is 30.4 Å². The van der Waals surface area contributed by atoms with Crippen molar-refractivity contribution in [3.05, 3.63) is 47.2 Å². The van der Waals surface area contributed by atoms with E-state index < -0.39 is 11.7 Å². The zero-order chi connectivity index (χ0) is 21.6. The predicted octanol–water partition coefficient (Wildman–Crippen LogP) is 4.18. The molecule has 9 heteroatoms. The lowest BCUT2D eigenvalue weighted by atomic mass is 9.92. The van der Waals surface area contributed by atoms with Gasteiger partial charge in [-0.3, -0.25) is 9.88 Å². The van der Waals surface area contributed by atoms with Crippen LogP contribution >= 0.6 is 0 Å². The second-order valence-corrected chi connectivity index (χ2v) is 8.29. The van der Waals surface area contributed by atoms with Crippen LogP contribution in [0.15, 0.2) is 24.5 Å². The average molecular weight is 430 g/mol. The van der Waals surface area contributed by atoms with E-state index in [1.165, 1.54) is 12.7 Å². The summed E-state index contributed by atoms with van der Waals surface area (Å²) in [6.45, 7) is 3.38. The highest BCUT2D eigenvalue weighted by molar-refractivity contribution is 5.76. The maximum absolute atomic E-state index is 13.0. The van der Waals surface area contributed by atoms with Crippen molar-refractivity contribution < 1.29 is 17.9 Å². The van der Waals surface area contributed by atoms with Gasteiger partial charge in [-0.1, -0.05) is 0 Å². The summed E-state index contributed by atoms with van der Waals surface area (Å²) in [5.74, 6) is 1.34. The van der Waals surface area contributed by atoms with Crippen LogP contribution < -0.4 is 4.74 Å². The number of hydrogen-bond acceptors (Lipinski definition) is 5. The van der Waals surface area contributed by atoms with Crippen molar-refractivity contribution >= 4 is 11.2 Å². The molecule has 0 bridgehead atoms. The molecule has 5 rings (SSSR count). The molecule has 3 aromatic heterocycles. The van der Waals surface area contributed by atoms with Crippen LogP contribution in [0.1, 0.15) is 47.8 Å². The molecule has 0 radical (unpaired) electrons. The Morgan fingerprint density at radius 2 is 1.97 bits per heavy atom. The predicted molar refractivity (Wildman–Crippen MR) is 109 cm³/mol. The molecule has 164 valence electrons. The fourth-order valence-corrected chi connectivity index (χ4v) is 4.80. The van der Waals surface area contributed by atoms with Gasteiger partial charge in [-0.2, -0.15) is 13.2 Å². The molecule has 0 atom stereocenters. The number of hydrogen-bond donors (Lipinski definition) is 0. The number of imidazole rings is 1. The van der Waals surface area contributed by atoms with E-state index in [4.69, 9.17) is 9.72 Å². The summed E-state index contributed by atoms with van der Waals surface area (Å²) in [5, 5.41) is 0. The molecule has 0 amide bonds. The number of alkyl halides is 3. The molecule has 1 saturated heterocycles. The van der Waals surface area contributed by atoms with Gasteiger partial charge in [0.1, 0.15) is 11.6 Å². The summed E-state index contributed by atoms with van der Waals surface area (Å²) in [4.78, 5) is 15.7. The quantitative estimate of drug-likeness (QED) is 0.622. The van der Waals surface area contributed by atoms with Crippen molar-refractivity contribution in [2.45, 2.75) is 50.9 Å². The molecule has 0 aromatic carbocycles. The van der Waals surface area contributed by atoms with Crippen LogP contribution in [-0.4, -0.2) is 44.6 Å². The Morgan fingerprint density at radius 1 is 1.16 bits per heavy atom. The monoisotopic (exact) mass is 430 g/mol. The molecule has 2 aliphatic heterocycles. The Balaban J connectivity index is 1.30. The molecule has 0 N–H and O–H groups in total. The number of piperidine rings is 1. The van der Waals surface area contributed by atoms with E-state index in [1.807, 2.05) is 6.20 Å². The molecule has 0 saturated carbocycles. The third kappa shape index (κ3) is 3.75. The molecule has 6 nitrogen and oxygen atoms in total. The summed E-state index contributed by atoms with van der Waals surface area (Å²) in [6, 6.07) is 3.14. The summed E-state index contributed by atoms with van der Waals surface area (Å²) >= 11 is 0. The van der Waals surface area contributed by atoms with E-state index in [2.05, 4.69) is 25.5 Å². The lowest BCUT2D eigenvalue weighted by molar-refractivity contribution is -0.138. The lowest BCUT2D eigenvalue weighted by Crippen LogP contribution is -2.34. The minimum Gasteiger partial charge on any atom is -0.495 e. The SMILES string of the molecule is [11CH3]Oc1cc(C(F)(F)F)cnc1C1CCN(Cc2nc3nccc4c3n2CCC4)CC1. The van der Waals surface area contributed by atoms with Crippen molar-refractivity contribution in [3.8, 4) is 5.75 Å². The first-order chi connectivity index (χ1) is 14.9. The number of aromatic nitrogens is 4. The van der Waals surface area contributed by atoms with Crippen LogP contribution in [0.4, 0.5) is 13.2 Å². The smallest absolute Gasteiger partial charge is 0.418 e. The van der Waals surface area contributed by atoms with Crippen LogP contribution in [0.25, 0.3) is 11.2 Å². The maximum Gasteiger partial charge on any atom is 0.418 e. The lowest BCUT2D eigenvalue weighted by Gasteiger charge is -2.32. The number of ether oxygens (including phenoxy) is 1. The van der Waals surface area contributed by atoms with Crippen molar-refractivity contribution in [1.29, 1.82) is 0 Å². The first kappa shape index (κ1) is 20.2. The van der Waals surface area contributed by atoms with Gasteiger partial charge in [-0.15, -0.1) is 0 Å². The van der Waals surface area contributed by atoms with E-state index in [0.717, 1.165) is 81.1 Å². The van der Waals surface area contributed by atoms with Gasteiger partial charge in [-0.05, 0) is 56.5 Å². The van der Waals surface area contributed by atoms with Crippen molar-refractivity contribution in [1.82, 2.24) is 24.4 Å². The highest BCUT2D eigenvalue weighted by Crippen LogP contribution is 2.37. The zero-order valence-electron chi connectivity index (χ0n) is 17.3. The molecule has 0 unspecified atom stereocenters. The fraction of sp³-hybridized carbons (Fsp3) is 0.500. The molecule has 0 spiro atoms. The standard InChI is InChI=1S/C22H24F3N5O/c1-31-17-11-16(22(23,24)25)12-27-19(17)14-5-9-29(10-6-14)13-18-28-21-20-15(4-7-26-21)3-2-8-30(18)20/h4,7,11-12,14H,2-3,5-6,8-10,13H2,1H3/i1-1. The second kappa shape index (κ2) is 7.78. The van der Waals surface area contributed by atoms with Gasteiger partial charge >= 0.3 is 6.18 Å². The van der Waals surface area contributed by atoms with Crippen LogP contribution in [0.2, 0.25) is 0 Å². The summed E-state index contributed by atoms with van der Waals surface area (Å²) < 4.78 is 46.5. The van der Waals surface area contributed by atoms with Crippen molar-refractivity contribution in [3.63, 3.8) is 0 Å². The van der Waals surface area contributed by atoms with Crippen molar-refractivity contribution in [2.24, 2.45) is 0 Å². The van der Waals surface area contributed by atoms with E-state index in [9.17, 15) is 13.2 Å². The minimum absolute atomic E-state index is 0.0828. The average Bonchev–Trinajstić information content (AvgIpc) is 3.12. The Kier molecular flexibility index (Phi) is 5.08. The van der Waals surface area contributed by atoms with E-state index in [1.54, 1.807) is 0 Å². The molecule has 5 heterocycles. The molecule has 0 aliphatic carbocycles. The van der Waals surface area contributed by atoms with Gasteiger partial charge < -0.3 is 9.30 Å². The highest BCUT2D eigenvalue weighted by Gasteiger charge is 2.33. The van der Waals surface area contributed by atoms with E-state index in [0.29, 0.717) is 5.69 Å². The zero-order valence-corrected chi connectivity index (χ0v) is 17.3. The van der Waals surface area contributed by atoms with Gasteiger partial charge in [0.15, 0.2) is 5.65 Å². The van der Waals surface area contributed by atoms with Crippen LogP contribution in [0.5, 0.6) is 5.75 Å². The summed E-state index contributed by atoms with van der Waals surface area (Å²) in [7, 11) is 1.40. The Hall–Kier alpha value is -2.68. The summed E-state index contributed by atoms with van der Waals surface area (Å²) in [6.07, 6.45) is 2.13. The molecule has 1 fully saturated rings. The highest BCUT2D eigenvalue weighted by atomic mass is 19.4. The molecular formula is C22H24F3N5O. The van der Waals surface area contributed by atoms with Crippen LogP contribution in [0.3, 0.4) is 0 Å². The summed E-state index contributed by atoms with van der Waals surface area (Å²) in [5.41, 5.74) is 3.14. The fourth-order valence-electron chi connectivity index (χ4n) is 4.80. The number of rotatable bonds is 4. The molecular weight excluding hydrogens is 406 g/mol. The van der Waals surface area contributed by atoms with Gasteiger partial charge in [0.25, 0.3) is 0 Å². The third-order valence-corrected chi connectivity index (χ3v) is 6.40. The van der Waals surface area contributed by atoms with Gasteiger partial charge in [-0.25, -0.2) is 9.97 Å². The van der Waals surface area contributed by atoms with Gasteiger partial charge in [0, 0.05) is 24.9 Å². The van der Waals surface area contributed by atoms with Crippen molar-refractivity contribution in [2.75, 3.05) is 20.2 Å². The topological polar surface area (TPSA) is 56.1 Å².